The molecule has 160 valence electrons. The molecule has 1 heterocycles. The fourth-order valence-electron chi connectivity index (χ4n) is 4.78. The number of aliphatic hydroxyl groups excluding tert-OH is 1. The largest absolute Gasteiger partial charge is 0.477 e. The molecule has 5 heteroatoms. The van der Waals surface area contributed by atoms with E-state index in [2.05, 4.69) is 76.2 Å². The van der Waals surface area contributed by atoms with E-state index in [9.17, 15) is 9.90 Å². The first-order valence-electron chi connectivity index (χ1n) is 10.4. The van der Waals surface area contributed by atoms with Crippen LogP contribution in [-0.4, -0.2) is 37.5 Å². The van der Waals surface area contributed by atoms with Gasteiger partial charge in [0.25, 0.3) is 0 Å². The van der Waals surface area contributed by atoms with E-state index in [4.69, 9.17) is 9.47 Å². The number of epoxide rings is 1. The highest BCUT2D eigenvalue weighted by atomic mass is 28.3. The Morgan fingerprint density at radius 2 is 1.50 bits per heavy atom. The van der Waals surface area contributed by atoms with E-state index in [1.54, 1.807) is 0 Å². The van der Waals surface area contributed by atoms with Crippen LogP contribution in [0.1, 0.15) is 41.5 Å². The van der Waals surface area contributed by atoms with Gasteiger partial charge in [-0.3, -0.25) is 4.79 Å². The standard InChI is InChI=1S/C25H32O4Si/c1-18(23-25(6,29-23)22(27)17-28-19(2)26)30(24(3,4)5,20-13-9-7-10-14-20)21-15-11-8-12-16-21/h7-16,22,27H,17H2,1-6H3/b23-18+/t22-,25+/m1/s1. The number of benzene rings is 2. The van der Waals surface area contributed by atoms with Crippen molar-refractivity contribution >= 4 is 24.4 Å². The fraction of sp³-hybridized carbons (Fsp3) is 0.400. The maximum absolute atomic E-state index is 11.2. The fourth-order valence-corrected chi connectivity index (χ4v) is 10.9. The van der Waals surface area contributed by atoms with E-state index < -0.39 is 25.7 Å². The van der Waals surface area contributed by atoms with Crippen molar-refractivity contribution in [3.63, 3.8) is 0 Å². The normalized spacial score (nSPS) is 21.4. The van der Waals surface area contributed by atoms with Gasteiger partial charge in [0.05, 0.1) is 0 Å². The summed E-state index contributed by atoms with van der Waals surface area (Å²) in [6.45, 7) is 12.2. The molecular weight excluding hydrogens is 392 g/mol. The molecule has 3 rings (SSSR count). The summed E-state index contributed by atoms with van der Waals surface area (Å²) >= 11 is 0. The Labute approximate surface area is 180 Å². The molecule has 1 aliphatic rings. The van der Waals surface area contributed by atoms with Gasteiger partial charge in [-0.1, -0.05) is 81.4 Å². The van der Waals surface area contributed by atoms with Gasteiger partial charge in [-0.05, 0) is 34.5 Å². The van der Waals surface area contributed by atoms with Gasteiger partial charge < -0.3 is 14.6 Å². The van der Waals surface area contributed by atoms with Crippen molar-refractivity contribution in [3.8, 4) is 0 Å². The molecule has 0 saturated carbocycles. The molecule has 1 saturated heterocycles. The van der Waals surface area contributed by atoms with Crippen molar-refractivity contribution < 1.29 is 19.4 Å². The summed E-state index contributed by atoms with van der Waals surface area (Å²) in [5, 5.41) is 14.5. The van der Waals surface area contributed by atoms with E-state index in [0.717, 1.165) is 5.76 Å². The summed E-state index contributed by atoms with van der Waals surface area (Å²) in [4.78, 5) is 11.2. The van der Waals surface area contributed by atoms with Crippen LogP contribution in [0, 0.1) is 0 Å². The van der Waals surface area contributed by atoms with Crippen LogP contribution in [0.2, 0.25) is 5.04 Å². The predicted molar refractivity (Wildman–Crippen MR) is 122 cm³/mol. The van der Waals surface area contributed by atoms with Crippen LogP contribution in [-0.2, 0) is 14.3 Å². The number of carbonyl (C=O) groups is 1. The van der Waals surface area contributed by atoms with Crippen LogP contribution < -0.4 is 10.4 Å². The number of esters is 1. The number of hydrogen-bond acceptors (Lipinski definition) is 4. The lowest BCUT2D eigenvalue weighted by atomic mass is 10.0. The average Bonchev–Trinajstić information content (AvgIpc) is 3.40. The van der Waals surface area contributed by atoms with Crippen molar-refractivity contribution in [3.05, 3.63) is 71.6 Å². The number of allylic oxidation sites excluding steroid dienone is 1. The van der Waals surface area contributed by atoms with E-state index in [1.165, 1.54) is 22.5 Å². The SMILES string of the molecule is CC(=O)OC[C@@H](O)[C@]1(C)O/C1=C(\C)[Si](c1ccccc1)(c1ccccc1)C(C)(C)C. The van der Waals surface area contributed by atoms with Crippen molar-refractivity contribution in [2.75, 3.05) is 6.61 Å². The van der Waals surface area contributed by atoms with Crippen molar-refractivity contribution in [2.24, 2.45) is 0 Å². The number of hydrogen-bond donors (Lipinski definition) is 1. The topological polar surface area (TPSA) is 59.1 Å². The van der Waals surface area contributed by atoms with Crippen molar-refractivity contribution in [2.45, 2.75) is 58.3 Å². The van der Waals surface area contributed by atoms with E-state index in [-0.39, 0.29) is 11.6 Å². The highest BCUT2D eigenvalue weighted by Crippen LogP contribution is 2.51. The predicted octanol–water partition coefficient (Wildman–Crippen LogP) is 3.58. The Kier molecular flexibility index (Phi) is 5.98. The second-order valence-electron chi connectivity index (χ2n) is 9.21. The maximum atomic E-state index is 11.2. The molecule has 1 aliphatic heterocycles. The lowest BCUT2D eigenvalue weighted by Crippen LogP contribution is -2.65. The minimum absolute atomic E-state index is 0.0551. The highest BCUT2D eigenvalue weighted by Gasteiger charge is 2.60. The summed E-state index contributed by atoms with van der Waals surface area (Å²) in [5.74, 6) is 0.406. The third kappa shape index (κ3) is 3.72. The summed E-state index contributed by atoms with van der Waals surface area (Å²) in [5.41, 5.74) is -0.841. The maximum Gasteiger partial charge on any atom is 0.302 e. The van der Waals surface area contributed by atoms with Gasteiger partial charge in [0.1, 0.15) is 18.5 Å². The molecule has 1 fully saturated rings. The second kappa shape index (κ2) is 8.04. The van der Waals surface area contributed by atoms with E-state index >= 15 is 0 Å². The lowest BCUT2D eigenvalue weighted by Gasteiger charge is -2.44. The van der Waals surface area contributed by atoms with Gasteiger partial charge >= 0.3 is 5.97 Å². The van der Waals surface area contributed by atoms with Gasteiger partial charge in [0, 0.05) is 6.92 Å². The third-order valence-electron chi connectivity index (χ3n) is 6.25. The van der Waals surface area contributed by atoms with Crippen molar-refractivity contribution in [1.29, 1.82) is 0 Å². The van der Waals surface area contributed by atoms with Gasteiger partial charge in [0.2, 0.25) is 0 Å². The summed E-state index contributed by atoms with van der Waals surface area (Å²) < 4.78 is 11.1. The van der Waals surface area contributed by atoms with E-state index in [0.29, 0.717) is 0 Å². The zero-order chi connectivity index (χ0) is 22.2. The molecule has 4 nitrogen and oxygen atoms in total. The Morgan fingerprint density at radius 1 is 1.03 bits per heavy atom. The van der Waals surface area contributed by atoms with Crippen LogP contribution in [0.5, 0.6) is 0 Å². The minimum Gasteiger partial charge on any atom is -0.477 e. The summed E-state index contributed by atoms with van der Waals surface area (Å²) in [7, 11) is -2.50. The van der Waals surface area contributed by atoms with Crippen LogP contribution in [0.15, 0.2) is 71.6 Å². The molecule has 0 bridgehead atoms. The molecule has 2 aromatic rings. The molecule has 0 radical (unpaired) electrons. The van der Waals surface area contributed by atoms with Gasteiger partial charge in [0.15, 0.2) is 13.7 Å². The first kappa shape index (κ1) is 22.3. The quantitative estimate of drug-likeness (QED) is 0.437. The zero-order valence-corrected chi connectivity index (χ0v) is 19.7. The molecule has 0 aromatic heterocycles. The zero-order valence-electron chi connectivity index (χ0n) is 18.7. The number of carbonyl (C=O) groups excluding carboxylic acids is 1. The van der Waals surface area contributed by atoms with Crippen LogP contribution in [0.3, 0.4) is 0 Å². The van der Waals surface area contributed by atoms with Crippen molar-refractivity contribution in [1.82, 2.24) is 0 Å². The number of ether oxygens (including phenoxy) is 2. The van der Waals surface area contributed by atoms with Crippen LogP contribution in [0.25, 0.3) is 0 Å². The summed E-state index contributed by atoms with van der Waals surface area (Å²) in [6, 6.07) is 21.3. The highest BCUT2D eigenvalue weighted by molar-refractivity contribution is 7.09. The van der Waals surface area contributed by atoms with Gasteiger partial charge in [-0.25, -0.2) is 0 Å². The number of aliphatic hydroxyl groups is 1. The van der Waals surface area contributed by atoms with Gasteiger partial charge in [-0.2, -0.15) is 0 Å². The van der Waals surface area contributed by atoms with Gasteiger partial charge in [-0.15, -0.1) is 0 Å². The molecule has 30 heavy (non-hydrogen) atoms. The molecule has 2 aromatic carbocycles. The average molecular weight is 425 g/mol. The number of rotatable bonds is 6. The Morgan fingerprint density at radius 3 is 1.90 bits per heavy atom. The molecule has 0 spiro atoms. The molecule has 0 amide bonds. The van der Waals surface area contributed by atoms with E-state index in [1.807, 2.05) is 19.1 Å². The smallest absolute Gasteiger partial charge is 0.302 e. The first-order valence-corrected chi connectivity index (χ1v) is 12.4. The molecule has 1 N–H and O–H groups in total. The second-order valence-corrected chi connectivity index (χ2v) is 14.1. The lowest BCUT2D eigenvalue weighted by molar-refractivity contribution is -0.145. The Balaban J connectivity index is 2.19. The Bertz CT molecular complexity index is 891. The Hall–Kier alpha value is -2.37. The molecule has 0 unspecified atom stereocenters. The molecular formula is C25H32O4Si. The third-order valence-corrected chi connectivity index (χ3v) is 12.2. The first-order chi connectivity index (χ1) is 14.0. The monoisotopic (exact) mass is 424 g/mol. The van der Waals surface area contributed by atoms with Crippen LogP contribution in [0.4, 0.5) is 0 Å². The molecule has 2 atom stereocenters. The van der Waals surface area contributed by atoms with Crippen LogP contribution >= 0.6 is 0 Å². The molecule has 0 aliphatic carbocycles. The minimum atomic E-state index is -2.50. The summed E-state index contributed by atoms with van der Waals surface area (Å²) in [6.07, 6.45) is -0.912.